The van der Waals surface area contributed by atoms with Crippen LogP contribution in [0.15, 0.2) is 60.8 Å². The second-order valence-corrected chi connectivity index (χ2v) is 5.98. The van der Waals surface area contributed by atoms with E-state index in [1.165, 1.54) is 6.07 Å². The van der Waals surface area contributed by atoms with Gasteiger partial charge in [0.1, 0.15) is 5.82 Å². The lowest BCUT2D eigenvalue weighted by Gasteiger charge is -2.10. The van der Waals surface area contributed by atoms with Crippen LogP contribution in [0.4, 0.5) is 17.5 Å². The first kappa shape index (κ1) is 17.7. The number of rotatable bonds is 7. The number of para-hydroxylation sites is 1. The van der Waals surface area contributed by atoms with Crippen molar-refractivity contribution in [3.05, 3.63) is 76.9 Å². The number of halogens is 1. The molecule has 0 radical (unpaired) electrons. The number of hydrogen-bond donors (Lipinski definition) is 3. The molecule has 0 amide bonds. The lowest BCUT2D eigenvalue weighted by Crippen LogP contribution is -2.09. The Bertz CT molecular complexity index is 900. The molecule has 2 aromatic carbocycles. The molecule has 7 heteroatoms. The van der Waals surface area contributed by atoms with Crippen LogP contribution >= 0.6 is 11.6 Å². The average molecular weight is 369 g/mol. The molecule has 0 saturated carbocycles. The van der Waals surface area contributed by atoms with E-state index >= 15 is 0 Å². The zero-order valence-corrected chi connectivity index (χ0v) is 14.6. The van der Waals surface area contributed by atoms with Crippen LogP contribution in [0.3, 0.4) is 0 Å². The van der Waals surface area contributed by atoms with Crippen LogP contribution in [0.2, 0.25) is 5.02 Å². The number of carboxylic acid groups (broad SMARTS) is 1. The van der Waals surface area contributed by atoms with Crippen LogP contribution in [-0.2, 0) is 6.42 Å². The van der Waals surface area contributed by atoms with Crippen LogP contribution in [0.1, 0.15) is 15.9 Å². The van der Waals surface area contributed by atoms with E-state index in [9.17, 15) is 9.90 Å². The quantitative estimate of drug-likeness (QED) is 0.578. The third kappa shape index (κ3) is 4.70. The van der Waals surface area contributed by atoms with Crippen molar-refractivity contribution in [2.24, 2.45) is 0 Å². The van der Waals surface area contributed by atoms with Gasteiger partial charge in [-0.15, -0.1) is 0 Å². The summed E-state index contributed by atoms with van der Waals surface area (Å²) in [5, 5.41) is 16.1. The molecule has 6 nitrogen and oxygen atoms in total. The van der Waals surface area contributed by atoms with E-state index in [1.807, 2.05) is 24.3 Å². The van der Waals surface area contributed by atoms with Crippen LogP contribution in [0.5, 0.6) is 0 Å². The molecule has 0 aliphatic rings. The van der Waals surface area contributed by atoms with Gasteiger partial charge >= 0.3 is 5.97 Å². The van der Waals surface area contributed by atoms with E-state index in [0.29, 0.717) is 29.0 Å². The maximum absolute atomic E-state index is 11.3. The van der Waals surface area contributed by atoms with E-state index in [0.717, 1.165) is 12.0 Å². The van der Waals surface area contributed by atoms with Gasteiger partial charge in [-0.05, 0) is 42.3 Å². The van der Waals surface area contributed by atoms with Gasteiger partial charge in [0.15, 0.2) is 0 Å². The summed E-state index contributed by atoms with van der Waals surface area (Å²) in [5.41, 5.74) is 1.82. The molecule has 0 aliphatic heterocycles. The van der Waals surface area contributed by atoms with E-state index < -0.39 is 5.97 Å². The van der Waals surface area contributed by atoms with Gasteiger partial charge in [-0.25, -0.2) is 9.78 Å². The number of aromatic nitrogens is 2. The van der Waals surface area contributed by atoms with Crippen molar-refractivity contribution in [3.8, 4) is 0 Å². The maximum Gasteiger partial charge on any atom is 0.337 e. The summed E-state index contributed by atoms with van der Waals surface area (Å²) in [7, 11) is 0. The molecule has 1 heterocycles. The highest BCUT2D eigenvalue weighted by Crippen LogP contribution is 2.20. The zero-order valence-electron chi connectivity index (χ0n) is 13.8. The highest BCUT2D eigenvalue weighted by atomic mass is 35.5. The smallest absolute Gasteiger partial charge is 0.337 e. The minimum Gasteiger partial charge on any atom is -0.478 e. The number of aromatic carboxylic acids is 1. The molecule has 3 rings (SSSR count). The van der Waals surface area contributed by atoms with Crippen molar-refractivity contribution < 1.29 is 9.90 Å². The Kier molecular flexibility index (Phi) is 5.66. The summed E-state index contributed by atoms with van der Waals surface area (Å²) in [6, 6.07) is 16.0. The predicted octanol–water partition coefficient (Wildman–Crippen LogP) is 4.23. The number of nitrogens with zero attached hydrogens (tertiary/aromatic N) is 2. The van der Waals surface area contributed by atoms with E-state index in [2.05, 4.69) is 20.6 Å². The topological polar surface area (TPSA) is 87.1 Å². The molecule has 0 atom stereocenters. The lowest BCUT2D eigenvalue weighted by atomic mass is 10.1. The minimum absolute atomic E-state index is 0.184. The van der Waals surface area contributed by atoms with Crippen LogP contribution in [0, 0.1) is 0 Å². The molecule has 0 bridgehead atoms. The van der Waals surface area contributed by atoms with Crippen molar-refractivity contribution in [1.29, 1.82) is 0 Å². The van der Waals surface area contributed by atoms with Crippen molar-refractivity contribution >= 4 is 35.0 Å². The third-order valence-electron chi connectivity index (χ3n) is 3.69. The Morgan fingerprint density at radius 3 is 2.62 bits per heavy atom. The Balaban J connectivity index is 1.63. The van der Waals surface area contributed by atoms with Crippen molar-refractivity contribution in [2.75, 3.05) is 17.2 Å². The van der Waals surface area contributed by atoms with Crippen molar-refractivity contribution in [3.63, 3.8) is 0 Å². The SMILES string of the molecule is O=C(O)c1ccccc1Nc1ccnc(NCCc2ccc(Cl)cc2)n1. The maximum atomic E-state index is 11.3. The molecule has 0 saturated heterocycles. The standard InChI is InChI=1S/C19H17ClN4O2/c20-14-7-5-13(6-8-14)9-11-21-19-22-12-10-17(24-19)23-16-4-2-1-3-15(16)18(25)26/h1-8,10,12H,9,11H2,(H,25,26)(H2,21,22,23,24). The summed E-state index contributed by atoms with van der Waals surface area (Å²) in [4.78, 5) is 19.8. The first-order valence-electron chi connectivity index (χ1n) is 8.02. The normalized spacial score (nSPS) is 10.3. The number of anilines is 3. The summed E-state index contributed by atoms with van der Waals surface area (Å²) >= 11 is 5.88. The molecule has 26 heavy (non-hydrogen) atoms. The summed E-state index contributed by atoms with van der Waals surface area (Å²) in [5.74, 6) is -0.0112. The Morgan fingerprint density at radius 1 is 1.08 bits per heavy atom. The van der Waals surface area contributed by atoms with E-state index in [-0.39, 0.29) is 5.56 Å². The molecule has 0 aliphatic carbocycles. The van der Waals surface area contributed by atoms with Gasteiger partial charge in [0.2, 0.25) is 5.95 Å². The fraction of sp³-hybridized carbons (Fsp3) is 0.105. The lowest BCUT2D eigenvalue weighted by molar-refractivity contribution is 0.0698. The van der Waals surface area contributed by atoms with Gasteiger partial charge in [-0.2, -0.15) is 4.98 Å². The fourth-order valence-electron chi connectivity index (χ4n) is 2.40. The molecule has 0 fully saturated rings. The van der Waals surface area contributed by atoms with Gasteiger partial charge in [0.05, 0.1) is 11.3 Å². The summed E-state index contributed by atoms with van der Waals surface area (Å²) < 4.78 is 0. The number of benzene rings is 2. The van der Waals surface area contributed by atoms with Crippen molar-refractivity contribution in [2.45, 2.75) is 6.42 Å². The summed E-state index contributed by atoms with van der Waals surface area (Å²) in [6.07, 6.45) is 2.42. The number of carbonyl (C=O) groups is 1. The van der Waals surface area contributed by atoms with Crippen molar-refractivity contribution in [1.82, 2.24) is 9.97 Å². The van der Waals surface area contributed by atoms with Crippen LogP contribution in [0.25, 0.3) is 0 Å². The minimum atomic E-state index is -0.997. The van der Waals surface area contributed by atoms with E-state index in [4.69, 9.17) is 11.6 Å². The first-order valence-corrected chi connectivity index (χ1v) is 8.40. The predicted molar refractivity (Wildman–Crippen MR) is 102 cm³/mol. The van der Waals surface area contributed by atoms with Gasteiger partial charge in [-0.3, -0.25) is 0 Å². The highest BCUT2D eigenvalue weighted by Gasteiger charge is 2.09. The molecule has 0 spiro atoms. The number of nitrogens with one attached hydrogen (secondary N) is 2. The van der Waals surface area contributed by atoms with Gasteiger partial charge in [-0.1, -0.05) is 35.9 Å². The van der Waals surface area contributed by atoms with Gasteiger partial charge in [0.25, 0.3) is 0 Å². The first-order chi connectivity index (χ1) is 12.6. The molecule has 3 aromatic rings. The molecule has 1 aromatic heterocycles. The monoisotopic (exact) mass is 368 g/mol. The number of hydrogen-bond acceptors (Lipinski definition) is 5. The van der Waals surface area contributed by atoms with Gasteiger partial charge in [0, 0.05) is 17.8 Å². The Hall–Kier alpha value is -3.12. The van der Waals surface area contributed by atoms with E-state index in [1.54, 1.807) is 30.5 Å². The largest absolute Gasteiger partial charge is 0.478 e. The van der Waals surface area contributed by atoms with Gasteiger partial charge < -0.3 is 15.7 Å². The summed E-state index contributed by atoms with van der Waals surface area (Å²) in [6.45, 7) is 0.663. The van der Waals surface area contributed by atoms with Crippen LogP contribution < -0.4 is 10.6 Å². The Morgan fingerprint density at radius 2 is 1.85 bits per heavy atom. The molecule has 132 valence electrons. The molecule has 3 N–H and O–H groups in total. The fourth-order valence-corrected chi connectivity index (χ4v) is 2.53. The molecular weight excluding hydrogens is 352 g/mol. The second kappa shape index (κ2) is 8.31. The molecule has 0 unspecified atom stereocenters. The van der Waals surface area contributed by atoms with Crippen LogP contribution in [-0.4, -0.2) is 27.6 Å². The number of carboxylic acids is 1. The molecular formula is C19H17ClN4O2. The third-order valence-corrected chi connectivity index (χ3v) is 3.94. The Labute approximate surface area is 155 Å². The second-order valence-electron chi connectivity index (χ2n) is 5.54. The zero-order chi connectivity index (χ0) is 18.4. The average Bonchev–Trinajstić information content (AvgIpc) is 2.64. The highest BCUT2D eigenvalue weighted by molar-refractivity contribution is 6.30.